The highest BCUT2D eigenvalue weighted by Crippen LogP contribution is 2.23. The third-order valence-corrected chi connectivity index (χ3v) is 7.37. The van der Waals surface area contributed by atoms with Crippen LogP contribution in [0.4, 0.5) is 0 Å². The molecule has 0 saturated carbocycles. The minimum atomic E-state index is -0.0722. The van der Waals surface area contributed by atoms with E-state index in [0.29, 0.717) is 6.54 Å². The van der Waals surface area contributed by atoms with Crippen LogP contribution in [0.3, 0.4) is 0 Å². The number of aromatic nitrogens is 2. The van der Waals surface area contributed by atoms with Crippen molar-refractivity contribution in [3.05, 3.63) is 39.3 Å². The van der Waals surface area contributed by atoms with Crippen LogP contribution in [0.25, 0.3) is 0 Å². The molecule has 2 aromatic rings. The van der Waals surface area contributed by atoms with E-state index in [0.717, 1.165) is 62.7 Å². The lowest BCUT2D eigenvalue weighted by molar-refractivity contribution is -0.138. The summed E-state index contributed by atoms with van der Waals surface area (Å²) >= 11 is 1.47. The zero-order chi connectivity index (χ0) is 21.3. The molecular formula is C22H31N5O2S. The van der Waals surface area contributed by atoms with Gasteiger partial charge in [0.1, 0.15) is 0 Å². The fourth-order valence-corrected chi connectivity index (χ4v) is 5.26. The maximum Gasteiger partial charge on any atom is 0.263 e. The molecule has 30 heavy (non-hydrogen) atoms. The summed E-state index contributed by atoms with van der Waals surface area (Å²) in [6, 6.07) is 3.77. The van der Waals surface area contributed by atoms with Crippen LogP contribution < -0.4 is 0 Å². The molecule has 0 radical (unpaired) electrons. The fraction of sp³-hybridized carbons (Fsp3) is 0.591. The van der Waals surface area contributed by atoms with E-state index >= 15 is 0 Å². The molecule has 8 heteroatoms. The van der Waals surface area contributed by atoms with Crippen molar-refractivity contribution in [2.75, 3.05) is 39.3 Å². The summed E-state index contributed by atoms with van der Waals surface area (Å²) in [7, 11) is 1.99. The highest BCUT2D eigenvalue weighted by molar-refractivity contribution is 7.12. The Bertz CT molecular complexity index is 899. The van der Waals surface area contributed by atoms with Crippen LogP contribution in [0.15, 0.2) is 17.5 Å². The second kappa shape index (κ2) is 8.89. The van der Waals surface area contributed by atoms with Crippen LogP contribution in [0.2, 0.25) is 0 Å². The van der Waals surface area contributed by atoms with Gasteiger partial charge in [-0.05, 0) is 38.1 Å². The Kier molecular flexibility index (Phi) is 6.24. The number of piperazine rings is 1. The van der Waals surface area contributed by atoms with Crippen molar-refractivity contribution >= 4 is 23.2 Å². The lowest BCUT2D eigenvalue weighted by Gasteiger charge is -2.39. The number of nitrogens with zero attached hydrogens (tertiary/aromatic N) is 5. The molecule has 1 unspecified atom stereocenters. The Balaban J connectivity index is 1.31. The summed E-state index contributed by atoms with van der Waals surface area (Å²) in [6.45, 7) is 9.63. The first-order valence-corrected chi connectivity index (χ1v) is 11.6. The Morgan fingerprint density at radius 3 is 2.53 bits per heavy atom. The maximum atomic E-state index is 13.1. The summed E-state index contributed by atoms with van der Waals surface area (Å²) in [6.07, 6.45) is 1.77. The summed E-state index contributed by atoms with van der Waals surface area (Å²) < 4.78 is 1.94. The smallest absolute Gasteiger partial charge is 0.263 e. The van der Waals surface area contributed by atoms with E-state index in [1.165, 1.54) is 22.6 Å². The number of piperidine rings is 1. The fourth-order valence-electron chi connectivity index (χ4n) is 4.57. The minimum absolute atomic E-state index is 0.0644. The molecule has 4 rings (SSSR count). The Hall–Kier alpha value is -2.19. The molecule has 2 saturated heterocycles. The van der Waals surface area contributed by atoms with E-state index in [2.05, 4.69) is 23.8 Å². The lowest BCUT2D eigenvalue weighted by atomic mass is 9.96. The molecule has 1 atom stereocenters. The van der Waals surface area contributed by atoms with Crippen LogP contribution in [-0.4, -0.2) is 75.6 Å². The molecule has 2 aliphatic rings. The monoisotopic (exact) mass is 429 g/mol. The van der Waals surface area contributed by atoms with Gasteiger partial charge in [-0.15, -0.1) is 11.3 Å². The molecule has 4 heterocycles. The average molecular weight is 430 g/mol. The van der Waals surface area contributed by atoms with E-state index in [9.17, 15) is 9.59 Å². The van der Waals surface area contributed by atoms with Gasteiger partial charge in [0.25, 0.3) is 5.91 Å². The molecule has 2 aliphatic heterocycles. The van der Waals surface area contributed by atoms with Crippen molar-refractivity contribution < 1.29 is 9.59 Å². The van der Waals surface area contributed by atoms with Gasteiger partial charge in [-0.25, -0.2) is 0 Å². The van der Waals surface area contributed by atoms with Gasteiger partial charge in [0, 0.05) is 64.1 Å². The van der Waals surface area contributed by atoms with Crippen molar-refractivity contribution in [3.63, 3.8) is 0 Å². The third-order valence-electron chi connectivity index (χ3n) is 6.51. The van der Waals surface area contributed by atoms with Crippen LogP contribution >= 0.6 is 11.3 Å². The van der Waals surface area contributed by atoms with E-state index in [-0.39, 0.29) is 17.7 Å². The van der Waals surface area contributed by atoms with Gasteiger partial charge in [-0.3, -0.25) is 19.2 Å². The topological polar surface area (TPSA) is 61.7 Å². The molecular weight excluding hydrogens is 398 g/mol. The molecule has 2 fully saturated rings. The van der Waals surface area contributed by atoms with Gasteiger partial charge < -0.3 is 9.80 Å². The first-order valence-electron chi connectivity index (χ1n) is 10.8. The van der Waals surface area contributed by atoms with E-state index in [4.69, 9.17) is 0 Å². The van der Waals surface area contributed by atoms with Crippen molar-refractivity contribution in [1.82, 2.24) is 24.5 Å². The van der Waals surface area contributed by atoms with Gasteiger partial charge >= 0.3 is 0 Å². The first-order chi connectivity index (χ1) is 14.4. The number of thiophene rings is 1. The van der Waals surface area contributed by atoms with Crippen molar-refractivity contribution in [3.8, 4) is 0 Å². The molecule has 0 aromatic carbocycles. The highest BCUT2D eigenvalue weighted by Gasteiger charge is 2.33. The van der Waals surface area contributed by atoms with Crippen molar-refractivity contribution in [1.29, 1.82) is 0 Å². The standard InChI is InChI=1S/C22H31N5O2S/c1-16-19(17(2)24(3)23-16)15-25-9-11-26(12-10-25)21(28)18-6-4-8-27(14-18)22(29)20-7-5-13-30-20/h5,7,13,18H,4,6,8-12,14-15H2,1-3H3. The van der Waals surface area contributed by atoms with Crippen LogP contribution in [-0.2, 0) is 18.4 Å². The van der Waals surface area contributed by atoms with Crippen molar-refractivity contribution in [2.45, 2.75) is 33.2 Å². The quantitative estimate of drug-likeness (QED) is 0.748. The van der Waals surface area contributed by atoms with Crippen LogP contribution in [0, 0.1) is 19.8 Å². The SMILES string of the molecule is Cc1nn(C)c(C)c1CN1CCN(C(=O)C2CCCN(C(=O)c3cccs3)C2)CC1. The van der Waals surface area contributed by atoms with E-state index < -0.39 is 0 Å². The number of carbonyl (C=O) groups is 2. The highest BCUT2D eigenvalue weighted by atomic mass is 32.1. The zero-order valence-electron chi connectivity index (χ0n) is 18.1. The van der Waals surface area contributed by atoms with Crippen LogP contribution in [0.5, 0.6) is 0 Å². The first kappa shape index (κ1) is 21.1. The number of rotatable bonds is 4. The summed E-state index contributed by atoms with van der Waals surface area (Å²) in [4.78, 5) is 32.9. The summed E-state index contributed by atoms with van der Waals surface area (Å²) in [5, 5.41) is 6.44. The number of hydrogen-bond donors (Lipinski definition) is 0. The number of aryl methyl sites for hydroxylation is 2. The molecule has 0 bridgehead atoms. The zero-order valence-corrected chi connectivity index (χ0v) is 19.0. The minimum Gasteiger partial charge on any atom is -0.340 e. The van der Waals surface area contributed by atoms with Crippen molar-refractivity contribution in [2.24, 2.45) is 13.0 Å². The van der Waals surface area contributed by atoms with Gasteiger partial charge in [0.15, 0.2) is 0 Å². The normalized spacial score (nSPS) is 20.6. The third kappa shape index (κ3) is 4.30. The molecule has 162 valence electrons. The summed E-state index contributed by atoms with van der Waals surface area (Å²) in [5.74, 6) is 0.207. The second-order valence-corrected chi connectivity index (χ2v) is 9.39. The molecule has 0 aliphatic carbocycles. The largest absolute Gasteiger partial charge is 0.340 e. The van der Waals surface area contributed by atoms with Gasteiger partial charge in [-0.1, -0.05) is 6.07 Å². The predicted octanol–water partition coefficient (Wildman–Crippen LogP) is 2.30. The lowest BCUT2D eigenvalue weighted by Crippen LogP contribution is -2.52. The number of hydrogen-bond acceptors (Lipinski definition) is 5. The maximum absolute atomic E-state index is 13.1. The van der Waals surface area contributed by atoms with Gasteiger partial charge in [0.05, 0.1) is 16.5 Å². The predicted molar refractivity (Wildman–Crippen MR) is 117 cm³/mol. The van der Waals surface area contributed by atoms with E-state index in [1.807, 2.05) is 39.0 Å². The van der Waals surface area contributed by atoms with Crippen LogP contribution in [0.1, 0.15) is 39.5 Å². The molecule has 0 N–H and O–H groups in total. The summed E-state index contributed by atoms with van der Waals surface area (Å²) in [5.41, 5.74) is 3.60. The number of amides is 2. The Labute approximate surface area is 182 Å². The Morgan fingerprint density at radius 2 is 1.90 bits per heavy atom. The van der Waals surface area contributed by atoms with E-state index in [1.54, 1.807) is 0 Å². The number of carbonyl (C=O) groups excluding carboxylic acids is 2. The molecule has 7 nitrogen and oxygen atoms in total. The number of likely N-dealkylation sites (tertiary alicyclic amines) is 1. The molecule has 2 aromatic heterocycles. The second-order valence-electron chi connectivity index (χ2n) is 8.44. The Morgan fingerprint density at radius 1 is 1.13 bits per heavy atom. The van der Waals surface area contributed by atoms with Gasteiger partial charge in [0.2, 0.25) is 5.91 Å². The van der Waals surface area contributed by atoms with Gasteiger partial charge in [-0.2, -0.15) is 5.10 Å². The molecule has 0 spiro atoms. The average Bonchev–Trinajstić information content (AvgIpc) is 3.38. The molecule has 2 amide bonds.